The molecule has 0 aromatic heterocycles. The lowest BCUT2D eigenvalue weighted by molar-refractivity contribution is 0.103. The van der Waals surface area contributed by atoms with Crippen LogP contribution in [0.2, 0.25) is 0 Å². The second-order valence-corrected chi connectivity index (χ2v) is 4.23. The molecule has 0 fully saturated rings. The van der Waals surface area contributed by atoms with Gasteiger partial charge < -0.3 is 4.74 Å². The maximum absolute atomic E-state index is 13.9. The third kappa shape index (κ3) is 2.81. The molecule has 0 aliphatic rings. The highest BCUT2D eigenvalue weighted by Crippen LogP contribution is 2.19. The molecule has 0 aliphatic carbocycles. The molecule has 2 rings (SSSR count). The maximum atomic E-state index is 13.9. The molecule has 0 atom stereocenters. The first-order valence-electron chi connectivity index (χ1n) is 6.16. The van der Waals surface area contributed by atoms with Crippen molar-refractivity contribution in [1.82, 2.24) is 0 Å². The van der Waals surface area contributed by atoms with Crippen LogP contribution in [0.15, 0.2) is 42.5 Å². The van der Waals surface area contributed by atoms with Crippen LogP contribution in [-0.2, 0) is 0 Å². The fraction of sp³-hybridized carbons (Fsp3) is 0.188. The van der Waals surface area contributed by atoms with Crippen LogP contribution in [0.25, 0.3) is 0 Å². The van der Waals surface area contributed by atoms with E-state index in [9.17, 15) is 9.18 Å². The summed E-state index contributed by atoms with van der Waals surface area (Å²) in [5, 5.41) is 0. The lowest BCUT2D eigenvalue weighted by Gasteiger charge is -2.07. The highest BCUT2D eigenvalue weighted by Gasteiger charge is 2.15. The van der Waals surface area contributed by atoms with Gasteiger partial charge in [-0.3, -0.25) is 4.79 Å². The van der Waals surface area contributed by atoms with E-state index < -0.39 is 5.82 Å². The molecule has 2 aromatic rings. The van der Waals surface area contributed by atoms with Gasteiger partial charge in [0.05, 0.1) is 12.2 Å². The summed E-state index contributed by atoms with van der Waals surface area (Å²) in [6.45, 7) is 4.04. The van der Waals surface area contributed by atoms with Gasteiger partial charge >= 0.3 is 0 Å². The number of hydrogen-bond acceptors (Lipinski definition) is 2. The SMILES string of the molecule is CCOc1cccc(C(=O)c2cccc(C)c2F)c1. The van der Waals surface area contributed by atoms with Gasteiger partial charge in [-0.15, -0.1) is 0 Å². The Morgan fingerprint density at radius 1 is 1.21 bits per heavy atom. The van der Waals surface area contributed by atoms with Gasteiger partial charge in [-0.2, -0.15) is 0 Å². The van der Waals surface area contributed by atoms with E-state index in [1.807, 2.05) is 6.92 Å². The summed E-state index contributed by atoms with van der Waals surface area (Å²) in [7, 11) is 0. The normalized spacial score (nSPS) is 10.3. The lowest BCUT2D eigenvalue weighted by Crippen LogP contribution is -2.05. The molecule has 3 heteroatoms. The molecule has 0 amide bonds. The second-order valence-electron chi connectivity index (χ2n) is 4.23. The highest BCUT2D eigenvalue weighted by molar-refractivity contribution is 6.09. The topological polar surface area (TPSA) is 26.3 Å². The van der Waals surface area contributed by atoms with E-state index in [4.69, 9.17) is 4.74 Å². The number of aryl methyl sites for hydroxylation is 1. The smallest absolute Gasteiger partial charge is 0.196 e. The van der Waals surface area contributed by atoms with Crippen molar-refractivity contribution in [2.45, 2.75) is 13.8 Å². The number of ketones is 1. The van der Waals surface area contributed by atoms with Crippen LogP contribution >= 0.6 is 0 Å². The summed E-state index contributed by atoms with van der Waals surface area (Å²) >= 11 is 0. The number of benzene rings is 2. The molecule has 0 radical (unpaired) electrons. The molecule has 0 aliphatic heterocycles. The van der Waals surface area contributed by atoms with E-state index in [-0.39, 0.29) is 11.3 Å². The molecule has 98 valence electrons. The summed E-state index contributed by atoms with van der Waals surface area (Å²) in [4.78, 5) is 12.3. The molecule has 0 saturated heterocycles. The Labute approximate surface area is 111 Å². The van der Waals surface area contributed by atoms with Gasteiger partial charge in [0.25, 0.3) is 0 Å². The molecular weight excluding hydrogens is 243 g/mol. The van der Waals surface area contributed by atoms with Gasteiger partial charge in [-0.1, -0.05) is 24.3 Å². The molecule has 19 heavy (non-hydrogen) atoms. The van der Waals surface area contributed by atoms with Gasteiger partial charge in [0.1, 0.15) is 11.6 Å². The summed E-state index contributed by atoms with van der Waals surface area (Å²) in [6, 6.07) is 11.6. The monoisotopic (exact) mass is 258 g/mol. The summed E-state index contributed by atoms with van der Waals surface area (Å²) in [6.07, 6.45) is 0. The van der Waals surface area contributed by atoms with Crippen molar-refractivity contribution in [3.8, 4) is 5.75 Å². The lowest BCUT2D eigenvalue weighted by atomic mass is 10.0. The molecule has 2 nitrogen and oxygen atoms in total. The van der Waals surface area contributed by atoms with Crippen molar-refractivity contribution in [2.75, 3.05) is 6.61 Å². The van der Waals surface area contributed by atoms with Crippen LogP contribution < -0.4 is 4.74 Å². The van der Waals surface area contributed by atoms with Gasteiger partial charge in [0.2, 0.25) is 0 Å². The predicted molar refractivity (Wildman–Crippen MR) is 72.2 cm³/mol. The van der Waals surface area contributed by atoms with Crippen molar-refractivity contribution >= 4 is 5.78 Å². The van der Waals surface area contributed by atoms with Crippen LogP contribution in [-0.4, -0.2) is 12.4 Å². The molecule has 0 heterocycles. The van der Waals surface area contributed by atoms with Crippen LogP contribution in [0.4, 0.5) is 4.39 Å². The maximum Gasteiger partial charge on any atom is 0.196 e. The Kier molecular flexibility index (Phi) is 3.95. The average molecular weight is 258 g/mol. The first-order valence-corrected chi connectivity index (χ1v) is 6.16. The quantitative estimate of drug-likeness (QED) is 0.780. The highest BCUT2D eigenvalue weighted by atomic mass is 19.1. The van der Waals surface area contributed by atoms with E-state index in [2.05, 4.69) is 0 Å². The van der Waals surface area contributed by atoms with Crippen LogP contribution in [0.5, 0.6) is 5.75 Å². The van der Waals surface area contributed by atoms with E-state index >= 15 is 0 Å². The van der Waals surface area contributed by atoms with E-state index in [1.54, 1.807) is 43.3 Å². The van der Waals surface area contributed by atoms with Crippen molar-refractivity contribution in [3.63, 3.8) is 0 Å². The van der Waals surface area contributed by atoms with Crippen LogP contribution in [0, 0.1) is 12.7 Å². The van der Waals surface area contributed by atoms with E-state index in [1.165, 1.54) is 6.07 Å². The first kappa shape index (κ1) is 13.3. The van der Waals surface area contributed by atoms with Crippen molar-refractivity contribution in [1.29, 1.82) is 0 Å². The summed E-state index contributed by atoms with van der Waals surface area (Å²) < 4.78 is 19.3. The minimum Gasteiger partial charge on any atom is -0.494 e. The molecule has 0 saturated carbocycles. The Bertz CT molecular complexity index is 605. The average Bonchev–Trinajstić information content (AvgIpc) is 2.42. The largest absolute Gasteiger partial charge is 0.494 e. The van der Waals surface area contributed by atoms with Gasteiger partial charge in [0, 0.05) is 5.56 Å². The van der Waals surface area contributed by atoms with E-state index in [0.29, 0.717) is 23.5 Å². The van der Waals surface area contributed by atoms with Crippen LogP contribution in [0.3, 0.4) is 0 Å². The van der Waals surface area contributed by atoms with Gasteiger partial charge in [0.15, 0.2) is 5.78 Å². The molecule has 0 unspecified atom stereocenters. The van der Waals surface area contributed by atoms with Crippen LogP contribution in [0.1, 0.15) is 28.4 Å². The third-order valence-electron chi connectivity index (χ3n) is 2.84. The minimum atomic E-state index is -0.464. The summed E-state index contributed by atoms with van der Waals surface area (Å²) in [5.74, 6) is -0.182. The number of carbonyl (C=O) groups excluding carboxylic acids is 1. The number of ether oxygens (including phenoxy) is 1. The third-order valence-corrected chi connectivity index (χ3v) is 2.84. The molecule has 0 bridgehead atoms. The number of halogens is 1. The minimum absolute atomic E-state index is 0.0913. The Morgan fingerprint density at radius 2 is 1.95 bits per heavy atom. The molecule has 0 spiro atoms. The van der Waals surface area contributed by atoms with Crippen molar-refractivity contribution in [2.24, 2.45) is 0 Å². The molecule has 2 aromatic carbocycles. The Hall–Kier alpha value is -2.16. The molecule has 0 N–H and O–H groups in total. The number of hydrogen-bond donors (Lipinski definition) is 0. The van der Waals surface area contributed by atoms with Gasteiger partial charge in [-0.05, 0) is 37.6 Å². The number of rotatable bonds is 4. The fourth-order valence-corrected chi connectivity index (χ4v) is 1.87. The Morgan fingerprint density at radius 3 is 2.68 bits per heavy atom. The zero-order valence-electron chi connectivity index (χ0n) is 10.9. The summed E-state index contributed by atoms with van der Waals surface area (Å²) in [5.41, 5.74) is 0.982. The fourth-order valence-electron chi connectivity index (χ4n) is 1.87. The predicted octanol–water partition coefficient (Wildman–Crippen LogP) is 3.76. The molecular formula is C16H15FO2. The van der Waals surface area contributed by atoms with Crippen molar-refractivity contribution < 1.29 is 13.9 Å². The number of carbonyl (C=O) groups is 1. The van der Waals surface area contributed by atoms with Crippen molar-refractivity contribution in [3.05, 3.63) is 65.0 Å². The zero-order chi connectivity index (χ0) is 13.8. The Balaban J connectivity index is 2.38. The standard InChI is InChI=1S/C16H15FO2/c1-3-19-13-8-5-7-12(10-13)16(18)14-9-4-6-11(2)15(14)17/h4-10H,3H2,1-2H3. The van der Waals surface area contributed by atoms with E-state index in [0.717, 1.165) is 0 Å². The zero-order valence-corrected chi connectivity index (χ0v) is 10.9. The van der Waals surface area contributed by atoms with Gasteiger partial charge in [-0.25, -0.2) is 4.39 Å². The first-order chi connectivity index (χ1) is 9.13. The second kappa shape index (κ2) is 5.65.